The minimum absolute atomic E-state index is 0.257. The summed E-state index contributed by atoms with van der Waals surface area (Å²) < 4.78 is 13.4. The van der Waals surface area contributed by atoms with Gasteiger partial charge in [0.15, 0.2) is 0 Å². The topological polar surface area (TPSA) is 20.2 Å². The van der Waals surface area contributed by atoms with Gasteiger partial charge in [0.1, 0.15) is 11.9 Å². The summed E-state index contributed by atoms with van der Waals surface area (Å²) in [5, 5.41) is 10.7. The van der Waals surface area contributed by atoms with Gasteiger partial charge < -0.3 is 5.11 Å². The molecule has 0 aromatic heterocycles. The molecule has 2 heteroatoms. The number of hydrogen-bond donors (Lipinski definition) is 1. The summed E-state index contributed by atoms with van der Waals surface area (Å²) >= 11 is 0. The van der Waals surface area contributed by atoms with Gasteiger partial charge >= 0.3 is 0 Å². The van der Waals surface area contributed by atoms with Crippen LogP contribution in [0.5, 0.6) is 0 Å². The van der Waals surface area contributed by atoms with E-state index in [1.54, 1.807) is 0 Å². The second-order valence-electron chi connectivity index (χ2n) is 5.16. The van der Waals surface area contributed by atoms with Gasteiger partial charge in [-0.15, -0.1) is 0 Å². The van der Waals surface area contributed by atoms with E-state index in [0.717, 1.165) is 33.4 Å². The van der Waals surface area contributed by atoms with Crippen LogP contribution in [-0.2, 0) is 0 Å². The first-order valence-electron chi connectivity index (χ1n) is 6.42. The van der Waals surface area contributed by atoms with E-state index in [1.807, 2.05) is 45.9 Å². The van der Waals surface area contributed by atoms with E-state index in [-0.39, 0.29) is 5.82 Å². The Morgan fingerprint density at radius 2 is 1.26 bits per heavy atom. The summed E-state index contributed by atoms with van der Waals surface area (Å²) in [6, 6.07) is 8.89. The second-order valence-corrected chi connectivity index (χ2v) is 5.16. The summed E-state index contributed by atoms with van der Waals surface area (Å²) in [6.07, 6.45) is -0.707. The molecule has 2 aromatic carbocycles. The molecule has 1 atom stereocenters. The van der Waals surface area contributed by atoms with E-state index in [4.69, 9.17) is 0 Å². The van der Waals surface area contributed by atoms with Gasteiger partial charge in [-0.1, -0.05) is 18.2 Å². The summed E-state index contributed by atoms with van der Waals surface area (Å²) in [4.78, 5) is 0. The van der Waals surface area contributed by atoms with Gasteiger partial charge in [-0.2, -0.15) is 0 Å². The fraction of sp³-hybridized carbons (Fsp3) is 0.294. The van der Waals surface area contributed by atoms with E-state index in [1.165, 1.54) is 12.1 Å². The van der Waals surface area contributed by atoms with E-state index < -0.39 is 6.10 Å². The molecule has 2 aromatic rings. The maximum absolute atomic E-state index is 13.4. The molecule has 0 bridgehead atoms. The van der Waals surface area contributed by atoms with Crippen LogP contribution in [0.3, 0.4) is 0 Å². The third-order valence-corrected chi connectivity index (χ3v) is 3.65. The monoisotopic (exact) mass is 258 g/mol. The van der Waals surface area contributed by atoms with Gasteiger partial charge in [-0.3, -0.25) is 0 Å². The molecule has 0 aliphatic carbocycles. The highest BCUT2D eigenvalue weighted by Gasteiger charge is 2.19. The first kappa shape index (κ1) is 13.8. The fourth-order valence-corrected chi connectivity index (χ4v) is 2.76. The van der Waals surface area contributed by atoms with Crippen molar-refractivity contribution in [1.82, 2.24) is 0 Å². The lowest BCUT2D eigenvalue weighted by atomic mass is 9.89. The zero-order valence-corrected chi connectivity index (χ0v) is 11.8. The molecule has 2 rings (SSSR count). The van der Waals surface area contributed by atoms with E-state index >= 15 is 0 Å². The highest BCUT2D eigenvalue weighted by Crippen LogP contribution is 2.32. The third-order valence-electron chi connectivity index (χ3n) is 3.65. The first-order chi connectivity index (χ1) is 8.91. The first-order valence-corrected chi connectivity index (χ1v) is 6.42. The predicted octanol–water partition coefficient (Wildman–Crippen LogP) is 4.14. The molecule has 0 spiro atoms. The van der Waals surface area contributed by atoms with Crippen LogP contribution >= 0.6 is 0 Å². The summed E-state index contributed by atoms with van der Waals surface area (Å²) in [7, 11) is 0. The summed E-state index contributed by atoms with van der Waals surface area (Å²) in [6.45, 7) is 7.64. The quantitative estimate of drug-likeness (QED) is 0.858. The smallest absolute Gasteiger partial charge is 0.123 e. The van der Waals surface area contributed by atoms with Crippen molar-refractivity contribution in [3.8, 4) is 0 Å². The molecule has 0 aliphatic heterocycles. The average Bonchev–Trinajstić information content (AvgIpc) is 2.26. The molecule has 0 radical (unpaired) electrons. The number of rotatable bonds is 2. The van der Waals surface area contributed by atoms with Crippen LogP contribution in [0.25, 0.3) is 0 Å². The van der Waals surface area contributed by atoms with Gasteiger partial charge in [0.2, 0.25) is 0 Å². The van der Waals surface area contributed by atoms with Crippen molar-refractivity contribution >= 4 is 0 Å². The Kier molecular flexibility index (Phi) is 3.72. The van der Waals surface area contributed by atoms with Gasteiger partial charge in [0.25, 0.3) is 0 Å². The van der Waals surface area contributed by atoms with Crippen LogP contribution in [0, 0.1) is 33.5 Å². The van der Waals surface area contributed by atoms with E-state index in [9.17, 15) is 9.50 Å². The van der Waals surface area contributed by atoms with Gasteiger partial charge in [0.05, 0.1) is 0 Å². The Morgan fingerprint density at radius 1 is 0.842 bits per heavy atom. The standard InChI is InChI=1S/C17H19FO/c1-10-6-5-7-11(2)15(10)17(19)16-12(3)8-14(18)9-13(16)4/h5-9,17,19H,1-4H3. The molecule has 100 valence electrons. The van der Waals surface area contributed by atoms with Crippen molar-refractivity contribution in [1.29, 1.82) is 0 Å². The van der Waals surface area contributed by atoms with Crippen LogP contribution in [0.15, 0.2) is 30.3 Å². The molecule has 1 nitrogen and oxygen atoms in total. The number of halogens is 1. The molecule has 0 saturated heterocycles. The number of aliphatic hydroxyl groups excluding tert-OH is 1. The summed E-state index contributed by atoms with van der Waals surface area (Å²) in [5.41, 5.74) is 5.39. The van der Waals surface area contributed by atoms with Crippen LogP contribution < -0.4 is 0 Å². The Bertz CT molecular complexity index is 573. The number of aryl methyl sites for hydroxylation is 4. The summed E-state index contributed by atoms with van der Waals surface area (Å²) in [5.74, 6) is -0.257. The molecule has 0 fully saturated rings. The number of hydrogen-bond acceptors (Lipinski definition) is 1. The van der Waals surface area contributed by atoms with E-state index in [2.05, 4.69) is 0 Å². The molecule has 0 aliphatic rings. The zero-order chi connectivity index (χ0) is 14.2. The van der Waals surface area contributed by atoms with Gasteiger partial charge in [-0.25, -0.2) is 4.39 Å². The van der Waals surface area contributed by atoms with Crippen molar-refractivity contribution in [2.75, 3.05) is 0 Å². The maximum Gasteiger partial charge on any atom is 0.123 e. The Morgan fingerprint density at radius 3 is 1.74 bits per heavy atom. The molecule has 19 heavy (non-hydrogen) atoms. The molecule has 0 heterocycles. The number of benzene rings is 2. The second kappa shape index (κ2) is 5.14. The normalized spacial score (nSPS) is 12.5. The Balaban J connectivity index is 2.60. The largest absolute Gasteiger partial charge is 0.384 e. The SMILES string of the molecule is Cc1cccc(C)c1C(O)c1c(C)cc(F)cc1C. The lowest BCUT2D eigenvalue weighted by molar-refractivity contribution is 0.217. The van der Waals surface area contributed by atoms with E-state index in [0.29, 0.717) is 0 Å². The fourth-order valence-electron chi connectivity index (χ4n) is 2.76. The molecule has 1 unspecified atom stereocenters. The van der Waals surface area contributed by atoms with Crippen LogP contribution in [0.1, 0.15) is 39.5 Å². The lowest BCUT2D eigenvalue weighted by Gasteiger charge is -2.20. The van der Waals surface area contributed by atoms with Crippen molar-refractivity contribution in [2.45, 2.75) is 33.8 Å². The maximum atomic E-state index is 13.4. The van der Waals surface area contributed by atoms with Crippen LogP contribution in [0.2, 0.25) is 0 Å². The van der Waals surface area contributed by atoms with Crippen molar-refractivity contribution in [3.63, 3.8) is 0 Å². The molecule has 0 amide bonds. The molecule has 0 saturated carbocycles. The lowest BCUT2D eigenvalue weighted by Crippen LogP contribution is -2.08. The van der Waals surface area contributed by atoms with Crippen LogP contribution in [0.4, 0.5) is 4.39 Å². The Hall–Kier alpha value is -1.67. The third kappa shape index (κ3) is 2.54. The number of aliphatic hydroxyl groups is 1. The zero-order valence-electron chi connectivity index (χ0n) is 11.8. The minimum Gasteiger partial charge on any atom is -0.384 e. The minimum atomic E-state index is -0.707. The van der Waals surface area contributed by atoms with Gasteiger partial charge in [0, 0.05) is 0 Å². The van der Waals surface area contributed by atoms with Crippen LogP contribution in [-0.4, -0.2) is 5.11 Å². The Labute approximate surface area is 113 Å². The highest BCUT2D eigenvalue weighted by atomic mass is 19.1. The van der Waals surface area contributed by atoms with Gasteiger partial charge in [-0.05, 0) is 73.2 Å². The molecular weight excluding hydrogens is 239 g/mol. The van der Waals surface area contributed by atoms with Crippen molar-refractivity contribution in [3.05, 3.63) is 69.5 Å². The molecule has 1 N–H and O–H groups in total. The average molecular weight is 258 g/mol. The van der Waals surface area contributed by atoms with Crippen molar-refractivity contribution in [2.24, 2.45) is 0 Å². The predicted molar refractivity (Wildman–Crippen MR) is 75.9 cm³/mol. The van der Waals surface area contributed by atoms with Crippen molar-refractivity contribution < 1.29 is 9.50 Å². The molecular formula is C17H19FO. The highest BCUT2D eigenvalue weighted by molar-refractivity contribution is 5.45.